The highest BCUT2D eigenvalue weighted by molar-refractivity contribution is 5.86. The number of imidazole rings is 1. The van der Waals surface area contributed by atoms with Crippen LogP contribution >= 0.6 is 0 Å². The maximum Gasteiger partial charge on any atom is 0.243 e. The predicted octanol–water partition coefficient (Wildman–Crippen LogP) is 1.06. The van der Waals surface area contributed by atoms with Crippen LogP contribution < -0.4 is 0 Å². The van der Waals surface area contributed by atoms with Crippen LogP contribution in [0.1, 0.15) is 25.1 Å². The molecule has 1 aliphatic rings. The number of rotatable bonds is 3. The molecular formula is C11H14N4O. The number of nitriles is 1. The number of aromatic amines is 1. The van der Waals surface area contributed by atoms with Crippen molar-refractivity contribution < 1.29 is 4.79 Å². The lowest BCUT2D eigenvalue weighted by Crippen LogP contribution is -2.45. The molecule has 1 heterocycles. The zero-order valence-corrected chi connectivity index (χ0v) is 9.23. The molecule has 1 amide bonds. The third-order valence-electron chi connectivity index (χ3n) is 3.12. The van der Waals surface area contributed by atoms with Crippen LogP contribution in [0, 0.1) is 16.7 Å². The molecule has 1 saturated carbocycles. The number of aromatic nitrogens is 2. The minimum atomic E-state index is -0.763. The molecule has 0 saturated heterocycles. The minimum absolute atomic E-state index is 0.0855. The summed E-state index contributed by atoms with van der Waals surface area (Å²) in [5.74, 6) is 0.654. The van der Waals surface area contributed by atoms with Crippen molar-refractivity contribution in [2.24, 2.45) is 5.41 Å². The molecule has 0 bridgehead atoms. The molecule has 0 atom stereocenters. The van der Waals surface area contributed by atoms with Gasteiger partial charge in [0.25, 0.3) is 0 Å². The van der Waals surface area contributed by atoms with Crippen LogP contribution in [0.15, 0.2) is 12.4 Å². The Hall–Kier alpha value is -1.83. The van der Waals surface area contributed by atoms with Crippen LogP contribution in [-0.2, 0) is 11.3 Å². The lowest BCUT2D eigenvalue weighted by molar-refractivity contribution is -0.142. The third kappa shape index (κ3) is 1.67. The summed E-state index contributed by atoms with van der Waals surface area (Å²) in [5, 5.41) is 9.06. The van der Waals surface area contributed by atoms with Gasteiger partial charge in [-0.3, -0.25) is 4.79 Å². The zero-order chi connectivity index (χ0) is 11.6. The first-order chi connectivity index (χ1) is 7.68. The van der Waals surface area contributed by atoms with Crippen molar-refractivity contribution in [1.29, 1.82) is 5.26 Å². The number of amides is 1. The molecule has 1 aromatic rings. The molecule has 5 heteroatoms. The van der Waals surface area contributed by atoms with E-state index < -0.39 is 5.41 Å². The second-order valence-corrected chi connectivity index (χ2v) is 4.24. The molecular weight excluding hydrogens is 204 g/mol. The van der Waals surface area contributed by atoms with Gasteiger partial charge < -0.3 is 9.88 Å². The first-order valence-electron chi connectivity index (χ1n) is 5.33. The van der Waals surface area contributed by atoms with E-state index in [0.29, 0.717) is 19.4 Å². The van der Waals surface area contributed by atoms with E-state index in [9.17, 15) is 4.79 Å². The average Bonchev–Trinajstić information content (AvgIpc) is 2.69. The molecule has 1 fully saturated rings. The van der Waals surface area contributed by atoms with Gasteiger partial charge in [-0.15, -0.1) is 0 Å². The molecule has 0 aromatic carbocycles. The Morgan fingerprint density at radius 3 is 2.94 bits per heavy atom. The lowest BCUT2D eigenvalue weighted by atomic mass is 9.69. The highest BCUT2D eigenvalue weighted by Crippen LogP contribution is 2.41. The Morgan fingerprint density at radius 2 is 2.50 bits per heavy atom. The van der Waals surface area contributed by atoms with Gasteiger partial charge >= 0.3 is 0 Å². The third-order valence-corrected chi connectivity index (χ3v) is 3.12. The Labute approximate surface area is 94.1 Å². The standard InChI is InChI=1S/C11H14N4O/c1-15(7-9-13-5-6-14-9)10(16)11(8-12)3-2-4-11/h5-6H,2-4,7H2,1H3,(H,13,14). The Morgan fingerprint density at radius 1 is 1.75 bits per heavy atom. The van der Waals surface area contributed by atoms with Crippen LogP contribution in [0.5, 0.6) is 0 Å². The van der Waals surface area contributed by atoms with E-state index in [1.165, 1.54) is 0 Å². The molecule has 1 aliphatic carbocycles. The van der Waals surface area contributed by atoms with Crippen LogP contribution in [0.25, 0.3) is 0 Å². The SMILES string of the molecule is CN(Cc1ncc[nH]1)C(=O)C1(C#N)CCC1. The summed E-state index contributed by atoms with van der Waals surface area (Å²) in [5.41, 5.74) is -0.763. The fourth-order valence-electron chi connectivity index (χ4n) is 1.95. The number of carbonyl (C=O) groups excluding carboxylic acids is 1. The number of hydrogen-bond acceptors (Lipinski definition) is 3. The summed E-state index contributed by atoms with van der Waals surface area (Å²) < 4.78 is 0. The van der Waals surface area contributed by atoms with Gasteiger partial charge in [0, 0.05) is 19.4 Å². The summed E-state index contributed by atoms with van der Waals surface area (Å²) in [4.78, 5) is 20.6. The molecule has 84 valence electrons. The van der Waals surface area contributed by atoms with E-state index in [0.717, 1.165) is 12.2 Å². The second kappa shape index (κ2) is 3.97. The molecule has 2 rings (SSSR count). The van der Waals surface area contributed by atoms with Gasteiger partial charge in [-0.05, 0) is 19.3 Å². The molecule has 5 nitrogen and oxygen atoms in total. The van der Waals surface area contributed by atoms with E-state index in [2.05, 4.69) is 16.0 Å². The zero-order valence-electron chi connectivity index (χ0n) is 9.23. The first kappa shape index (κ1) is 10.7. The highest BCUT2D eigenvalue weighted by atomic mass is 16.2. The quantitative estimate of drug-likeness (QED) is 0.824. The molecule has 0 spiro atoms. The van der Waals surface area contributed by atoms with Crippen LogP contribution in [-0.4, -0.2) is 27.8 Å². The van der Waals surface area contributed by atoms with Gasteiger partial charge in [0.05, 0.1) is 12.6 Å². The minimum Gasteiger partial charge on any atom is -0.347 e. The fourth-order valence-corrected chi connectivity index (χ4v) is 1.95. The van der Waals surface area contributed by atoms with Crippen LogP contribution in [0.3, 0.4) is 0 Å². The highest BCUT2D eigenvalue weighted by Gasteiger charge is 2.46. The molecule has 1 aromatic heterocycles. The van der Waals surface area contributed by atoms with Crippen LogP contribution in [0.4, 0.5) is 0 Å². The molecule has 1 N–H and O–H groups in total. The van der Waals surface area contributed by atoms with E-state index >= 15 is 0 Å². The van der Waals surface area contributed by atoms with Crippen molar-refractivity contribution in [3.05, 3.63) is 18.2 Å². The monoisotopic (exact) mass is 218 g/mol. The van der Waals surface area contributed by atoms with Gasteiger partial charge in [-0.25, -0.2) is 4.98 Å². The van der Waals surface area contributed by atoms with E-state index in [1.54, 1.807) is 24.3 Å². The normalized spacial score (nSPS) is 17.2. The largest absolute Gasteiger partial charge is 0.347 e. The second-order valence-electron chi connectivity index (χ2n) is 4.24. The maximum atomic E-state index is 12.1. The number of hydrogen-bond donors (Lipinski definition) is 1. The smallest absolute Gasteiger partial charge is 0.243 e. The topological polar surface area (TPSA) is 72.8 Å². The van der Waals surface area contributed by atoms with Crippen molar-refractivity contribution in [2.45, 2.75) is 25.8 Å². The average molecular weight is 218 g/mol. The van der Waals surface area contributed by atoms with E-state index in [1.807, 2.05) is 0 Å². The Balaban J connectivity index is 2.02. The summed E-state index contributed by atoms with van der Waals surface area (Å²) in [6, 6.07) is 2.15. The van der Waals surface area contributed by atoms with Gasteiger partial charge in [0.15, 0.2) is 0 Å². The summed E-state index contributed by atoms with van der Waals surface area (Å²) in [6.07, 6.45) is 5.71. The summed E-state index contributed by atoms with van der Waals surface area (Å²) in [6.45, 7) is 0.426. The number of nitrogens with zero attached hydrogens (tertiary/aromatic N) is 3. The number of nitrogens with one attached hydrogen (secondary N) is 1. The van der Waals surface area contributed by atoms with Crippen molar-refractivity contribution in [3.8, 4) is 6.07 Å². The molecule has 0 unspecified atom stereocenters. The Kier molecular flexibility index (Phi) is 2.65. The van der Waals surface area contributed by atoms with Gasteiger partial charge in [0.1, 0.15) is 11.2 Å². The first-order valence-corrected chi connectivity index (χ1v) is 5.33. The van der Waals surface area contributed by atoms with Crippen molar-refractivity contribution in [3.63, 3.8) is 0 Å². The predicted molar refractivity (Wildman–Crippen MR) is 57.0 cm³/mol. The van der Waals surface area contributed by atoms with Gasteiger partial charge in [0.2, 0.25) is 5.91 Å². The van der Waals surface area contributed by atoms with Crippen LogP contribution in [0.2, 0.25) is 0 Å². The Bertz CT molecular complexity index is 414. The van der Waals surface area contributed by atoms with Gasteiger partial charge in [-0.1, -0.05) is 0 Å². The lowest BCUT2D eigenvalue weighted by Gasteiger charge is -2.36. The number of carbonyl (C=O) groups is 1. The van der Waals surface area contributed by atoms with E-state index in [-0.39, 0.29) is 5.91 Å². The summed E-state index contributed by atoms with van der Waals surface area (Å²) >= 11 is 0. The van der Waals surface area contributed by atoms with Crippen molar-refractivity contribution >= 4 is 5.91 Å². The molecule has 16 heavy (non-hydrogen) atoms. The van der Waals surface area contributed by atoms with E-state index in [4.69, 9.17) is 5.26 Å². The maximum absolute atomic E-state index is 12.1. The summed E-state index contributed by atoms with van der Waals surface area (Å²) in [7, 11) is 1.71. The van der Waals surface area contributed by atoms with Crippen molar-refractivity contribution in [1.82, 2.24) is 14.9 Å². The fraction of sp³-hybridized carbons (Fsp3) is 0.545. The van der Waals surface area contributed by atoms with Crippen molar-refractivity contribution in [2.75, 3.05) is 7.05 Å². The number of H-pyrrole nitrogens is 1. The van der Waals surface area contributed by atoms with Gasteiger partial charge in [-0.2, -0.15) is 5.26 Å². The molecule has 0 radical (unpaired) electrons. The molecule has 0 aliphatic heterocycles.